The standard InChI is InChI=1S/C12H20N4O3/c1-5-16(6-2)11(17)8-13-12-14-9(18-3)7-10(15-12)19-4/h7H,5-6,8H2,1-4H3,(H,13,14,15). The number of hydrogen-bond donors (Lipinski definition) is 1. The fourth-order valence-corrected chi connectivity index (χ4v) is 1.53. The van der Waals surface area contributed by atoms with Crippen LogP contribution in [0.25, 0.3) is 0 Å². The van der Waals surface area contributed by atoms with E-state index in [4.69, 9.17) is 9.47 Å². The minimum Gasteiger partial charge on any atom is -0.481 e. The minimum absolute atomic E-state index is 0.00427. The van der Waals surface area contributed by atoms with E-state index in [0.29, 0.717) is 30.8 Å². The first kappa shape index (κ1) is 15.0. The van der Waals surface area contributed by atoms with E-state index in [9.17, 15) is 4.79 Å². The zero-order valence-electron chi connectivity index (χ0n) is 11.8. The highest BCUT2D eigenvalue weighted by Gasteiger charge is 2.11. The molecule has 19 heavy (non-hydrogen) atoms. The summed E-state index contributed by atoms with van der Waals surface area (Å²) in [4.78, 5) is 21.7. The van der Waals surface area contributed by atoms with Crippen LogP contribution in [0.5, 0.6) is 11.8 Å². The molecule has 0 unspecified atom stereocenters. The number of nitrogens with zero attached hydrogens (tertiary/aromatic N) is 3. The number of anilines is 1. The van der Waals surface area contributed by atoms with Gasteiger partial charge in [0.25, 0.3) is 0 Å². The fraction of sp³-hybridized carbons (Fsp3) is 0.583. The van der Waals surface area contributed by atoms with Crippen molar-refractivity contribution < 1.29 is 14.3 Å². The van der Waals surface area contributed by atoms with Gasteiger partial charge in [-0.2, -0.15) is 9.97 Å². The van der Waals surface area contributed by atoms with Crippen molar-refractivity contribution in [2.45, 2.75) is 13.8 Å². The highest BCUT2D eigenvalue weighted by atomic mass is 16.5. The molecule has 7 heteroatoms. The summed E-state index contributed by atoms with van der Waals surface area (Å²) in [5.41, 5.74) is 0. The first-order valence-corrected chi connectivity index (χ1v) is 6.13. The third-order valence-electron chi connectivity index (χ3n) is 2.61. The molecule has 0 spiro atoms. The number of likely N-dealkylation sites (N-methyl/N-ethyl adjacent to an activating group) is 1. The van der Waals surface area contributed by atoms with Gasteiger partial charge < -0.3 is 19.7 Å². The maximum absolute atomic E-state index is 11.8. The van der Waals surface area contributed by atoms with Crippen LogP contribution in [-0.4, -0.2) is 54.6 Å². The van der Waals surface area contributed by atoms with Gasteiger partial charge in [0.2, 0.25) is 23.6 Å². The number of nitrogens with one attached hydrogen (secondary N) is 1. The lowest BCUT2D eigenvalue weighted by Crippen LogP contribution is -2.35. The number of hydrogen-bond acceptors (Lipinski definition) is 6. The lowest BCUT2D eigenvalue weighted by atomic mass is 10.4. The molecular formula is C12H20N4O3. The van der Waals surface area contributed by atoms with E-state index < -0.39 is 0 Å². The Morgan fingerprint density at radius 3 is 2.16 bits per heavy atom. The predicted octanol–water partition coefficient (Wildman–Crippen LogP) is 0.774. The summed E-state index contributed by atoms with van der Waals surface area (Å²) in [6.45, 7) is 5.37. The van der Waals surface area contributed by atoms with Gasteiger partial charge in [-0.1, -0.05) is 0 Å². The predicted molar refractivity (Wildman–Crippen MR) is 71.6 cm³/mol. The smallest absolute Gasteiger partial charge is 0.241 e. The molecule has 1 heterocycles. The van der Waals surface area contributed by atoms with Crippen molar-refractivity contribution >= 4 is 11.9 Å². The molecule has 106 valence electrons. The summed E-state index contributed by atoms with van der Waals surface area (Å²) in [5.74, 6) is 1.06. The van der Waals surface area contributed by atoms with Gasteiger partial charge in [0.15, 0.2) is 0 Å². The Kier molecular flexibility index (Phi) is 5.84. The van der Waals surface area contributed by atoms with Gasteiger partial charge in [0, 0.05) is 13.1 Å². The summed E-state index contributed by atoms with van der Waals surface area (Å²) in [6, 6.07) is 1.57. The summed E-state index contributed by atoms with van der Waals surface area (Å²) >= 11 is 0. The SMILES string of the molecule is CCN(CC)C(=O)CNc1nc(OC)cc(OC)n1. The van der Waals surface area contributed by atoms with Gasteiger partial charge >= 0.3 is 0 Å². The lowest BCUT2D eigenvalue weighted by molar-refractivity contribution is -0.128. The monoisotopic (exact) mass is 268 g/mol. The maximum Gasteiger partial charge on any atom is 0.241 e. The zero-order valence-corrected chi connectivity index (χ0v) is 11.8. The van der Waals surface area contributed by atoms with Crippen LogP contribution in [0.4, 0.5) is 5.95 Å². The number of aromatic nitrogens is 2. The fourth-order valence-electron chi connectivity index (χ4n) is 1.53. The molecule has 0 saturated heterocycles. The van der Waals surface area contributed by atoms with Crippen molar-refractivity contribution in [3.05, 3.63) is 6.07 Å². The average Bonchev–Trinajstić information content (AvgIpc) is 2.45. The number of carbonyl (C=O) groups is 1. The van der Waals surface area contributed by atoms with Crippen LogP contribution in [0.2, 0.25) is 0 Å². The molecule has 0 atom stereocenters. The molecule has 0 radical (unpaired) electrons. The van der Waals surface area contributed by atoms with Gasteiger partial charge in [-0.15, -0.1) is 0 Å². The topological polar surface area (TPSA) is 76.6 Å². The number of methoxy groups -OCH3 is 2. The highest BCUT2D eigenvalue weighted by Crippen LogP contribution is 2.16. The molecule has 0 aliphatic rings. The van der Waals surface area contributed by atoms with Crippen molar-refractivity contribution in [3.8, 4) is 11.8 Å². The van der Waals surface area contributed by atoms with E-state index in [1.165, 1.54) is 14.2 Å². The molecule has 0 aliphatic carbocycles. The van der Waals surface area contributed by atoms with Crippen molar-refractivity contribution in [2.24, 2.45) is 0 Å². The van der Waals surface area contributed by atoms with Crippen LogP contribution in [-0.2, 0) is 4.79 Å². The number of amides is 1. The number of ether oxygens (including phenoxy) is 2. The number of carbonyl (C=O) groups excluding carboxylic acids is 1. The summed E-state index contributed by atoms with van der Waals surface area (Å²) in [7, 11) is 3.01. The van der Waals surface area contributed by atoms with E-state index in [0.717, 1.165) is 0 Å². The summed E-state index contributed by atoms with van der Waals surface area (Å²) < 4.78 is 10.1. The first-order chi connectivity index (χ1) is 9.14. The van der Waals surface area contributed by atoms with Gasteiger partial charge in [-0.05, 0) is 13.8 Å². The van der Waals surface area contributed by atoms with Crippen molar-refractivity contribution in [2.75, 3.05) is 39.2 Å². The van der Waals surface area contributed by atoms with Crippen LogP contribution >= 0.6 is 0 Å². The Bertz CT molecular complexity index is 399. The second kappa shape index (κ2) is 7.40. The van der Waals surface area contributed by atoms with Gasteiger partial charge in [-0.3, -0.25) is 4.79 Å². The van der Waals surface area contributed by atoms with Crippen molar-refractivity contribution in [3.63, 3.8) is 0 Å². The Morgan fingerprint density at radius 2 is 1.74 bits per heavy atom. The molecule has 7 nitrogen and oxygen atoms in total. The molecule has 0 bridgehead atoms. The second-order valence-electron chi connectivity index (χ2n) is 3.70. The van der Waals surface area contributed by atoms with E-state index in [-0.39, 0.29) is 12.5 Å². The Morgan fingerprint density at radius 1 is 1.21 bits per heavy atom. The third-order valence-corrected chi connectivity index (χ3v) is 2.61. The molecule has 1 N–H and O–H groups in total. The van der Waals surface area contributed by atoms with E-state index in [1.54, 1.807) is 11.0 Å². The third kappa shape index (κ3) is 4.27. The average molecular weight is 268 g/mol. The van der Waals surface area contributed by atoms with Crippen molar-refractivity contribution in [1.29, 1.82) is 0 Å². The molecule has 1 rings (SSSR count). The molecule has 1 aromatic heterocycles. The van der Waals surface area contributed by atoms with Gasteiger partial charge in [0.05, 0.1) is 26.8 Å². The lowest BCUT2D eigenvalue weighted by Gasteiger charge is -2.18. The zero-order chi connectivity index (χ0) is 14.3. The quantitative estimate of drug-likeness (QED) is 0.787. The van der Waals surface area contributed by atoms with E-state index >= 15 is 0 Å². The van der Waals surface area contributed by atoms with Crippen LogP contribution in [0, 0.1) is 0 Å². The van der Waals surface area contributed by atoms with Gasteiger partial charge in [-0.25, -0.2) is 0 Å². The van der Waals surface area contributed by atoms with E-state index in [1.807, 2.05) is 13.8 Å². The normalized spacial score (nSPS) is 9.89. The Labute approximate surface area is 112 Å². The molecule has 0 aromatic carbocycles. The van der Waals surface area contributed by atoms with Gasteiger partial charge in [0.1, 0.15) is 0 Å². The highest BCUT2D eigenvalue weighted by molar-refractivity contribution is 5.80. The molecule has 1 amide bonds. The molecule has 0 fully saturated rings. The minimum atomic E-state index is -0.00427. The first-order valence-electron chi connectivity index (χ1n) is 6.13. The summed E-state index contributed by atoms with van der Waals surface area (Å²) in [6.07, 6.45) is 0. The van der Waals surface area contributed by atoms with Crippen LogP contribution in [0.15, 0.2) is 6.07 Å². The maximum atomic E-state index is 11.8. The molecule has 0 aliphatic heterocycles. The summed E-state index contributed by atoms with van der Waals surface area (Å²) in [5, 5.41) is 2.87. The molecule has 1 aromatic rings. The Balaban J connectivity index is 2.69. The van der Waals surface area contributed by atoms with Crippen molar-refractivity contribution in [1.82, 2.24) is 14.9 Å². The number of rotatable bonds is 7. The largest absolute Gasteiger partial charge is 0.481 e. The van der Waals surface area contributed by atoms with Crippen LogP contribution in [0.3, 0.4) is 0 Å². The second-order valence-corrected chi connectivity index (χ2v) is 3.70. The molecular weight excluding hydrogens is 248 g/mol. The van der Waals surface area contributed by atoms with Crippen LogP contribution < -0.4 is 14.8 Å². The Hall–Kier alpha value is -2.05. The molecule has 0 saturated carbocycles. The van der Waals surface area contributed by atoms with E-state index in [2.05, 4.69) is 15.3 Å². The van der Waals surface area contributed by atoms with Crippen LogP contribution in [0.1, 0.15) is 13.8 Å².